The van der Waals surface area contributed by atoms with Crippen LogP contribution in [0.3, 0.4) is 0 Å². The van der Waals surface area contributed by atoms with Gasteiger partial charge in [-0.3, -0.25) is 19.6 Å². The molecule has 0 spiro atoms. The molecule has 29 heteroatoms. The van der Waals surface area contributed by atoms with Crippen LogP contribution in [0.5, 0.6) is 0 Å². The van der Waals surface area contributed by atoms with Crippen LogP contribution >= 0.6 is 23.5 Å². The number of unbranched alkanes of at least 4 members (excludes halogenated alkanes) is 2. The number of azo groups is 1. The summed E-state index contributed by atoms with van der Waals surface area (Å²) in [6, 6.07) is 9.77. The van der Waals surface area contributed by atoms with Gasteiger partial charge in [-0.25, -0.2) is 19.9 Å². The SMILES string of the molecule is CCCCSc1nc(NCCN2CCOCC2)c(N)c(NCCN2CCOCC2)n1.CCCCSc1nc(NCCN2CCOCC2)c(N=Nc2ccccc2)c(NCCN2CCOCC2)n1.O=S(=O)=S(=O)=O.[Na][Na]. The predicted molar refractivity (Wildman–Crippen MR) is 303 cm³/mol. The first-order valence-corrected chi connectivity index (χ1v) is 39.0. The van der Waals surface area contributed by atoms with Crippen LogP contribution in [-0.2, 0) is 37.5 Å². The molecule has 0 unspecified atom stereocenters. The molecular weight excluding hydrogens is 1060 g/mol. The molecule has 7 rings (SSSR count). The number of ether oxygens (including phenoxy) is 4. The third-order valence-electron chi connectivity index (χ3n) is 11.7. The Hall–Kier alpha value is -2.00. The number of rotatable bonds is 26. The summed E-state index contributed by atoms with van der Waals surface area (Å²) in [5.41, 5.74) is 8.46. The topological polar surface area (TPSA) is 269 Å². The fourth-order valence-electron chi connectivity index (χ4n) is 7.47. The molecule has 0 amide bonds. The summed E-state index contributed by atoms with van der Waals surface area (Å²) < 4.78 is 58.2. The van der Waals surface area contributed by atoms with E-state index in [-0.39, 0.29) is 0 Å². The maximum absolute atomic E-state index is 9.09. The number of nitrogen functional groups attached to an aromatic ring is 1. The van der Waals surface area contributed by atoms with E-state index in [0.29, 0.717) is 11.4 Å². The molecule has 23 nitrogen and oxygen atoms in total. The monoisotopic (exact) mass is 1140 g/mol. The molecule has 4 aliphatic rings. The third kappa shape index (κ3) is 27.6. The van der Waals surface area contributed by atoms with E-state index in [9.17, 15) is 0 Å². The van der Waals surface area contributed by atoms with Crippen molar-refractivity contribution < 1.29 is 35.8 Å². The molecule has 1 aromatic carbocycles. The summed E-state index contributed by atoms with van der Waals surface area (Å²) in [6.07, 6.45) is 4.59. The number of hydrogen-bond donors (Lipinski definition) is 5. The maximum atomic E-state index is 9.09. The van der Waals surface area contributed by atoms with Crippen molar-refractivity contribution in [2.75, 3.05) is 196 Å². The molecule has 6 heterocycles. The van der Waals surface area contributed by atoms with Gasteiger partial charge in [0.1, 0.15) is 5.69 Å². The average molecular weight is 1140 g/mol. The molecule has 6 N–H and O–H groups in total. The Morgan fingerprint density at radius 2 is 0.853 bits per heavy atom. The number of hydrogen-bond acceptors (Lipinski definition) is 25. The molecule has 0 aliphatic carbocycles. The van der Waals surface area contributed by atoms with E-state index in [1.807, 2.05) is 30.3 Å². The van der Waals surface area contributed by atoms with E-state index < -0.39 is 18.5 Å². The van der Waals surface area contributed by atoms with Crippen LogP contribution in [0.2, 0.25) is 0 Å². The zero-order valence-electron chi connectivity index (χ0n) is 44.5. The number of thioether (sulfide) groups is 2. The molecule has 410 valence electrons. The Morgan fingerprint density at radius 1 is 0.533 bits per heavy atom. The molecule has 4 saturated heterocycles. The zero-order chi connectivity index (χ0) is 53.7. The van der Waals surface area contributed by atoms with E-state index >= 15 is 0 Å². The Labute approximate surface area is 483 Å². The Kier molecular flexibility index (Phi) is 35.9. The first-order chi connectivity index (χ1) is 36.7. The van der Waals surface area contributed by atoms with Crippen LogP contribution in [-0.4, -0.2) is 269 Å². The van der Waals surface area contributed by atoms with E-state index in [2.05, 4.69) is 64.9 Å². The number of anilines is 5. The first kappa shape index (κ1) is 65.5. The molecule has 2 aromatic heterocycles. The molecule has 0 bridgehead atoms. The molecule has 4 fully saturated rings. The van der Waals surface area contributed by atoms with Gasteiger partial charge in [0, 0.05) is 116 Å². The summed E-state index contributed by atoms with van der Waals surface area (Å²) in [5, 5.41) is 24.6. The third-order valence-corrected chi connectivity index (χ3v) is 14.4. The van der Waals surface area contributed by atoms with Crippen molar-refractivity contribution in [3.8, 4) is 0 Å². The summed E-state index contributed by atoms with van der Waals surface area (Å²) in [6.45, 7) is 25.4. The minimum absolute atomic E-state index is 0.596. The summed E-state index contributed by atoms with van der Waals surface area (Å²) in [4.78, 5) is 28.7. The number of nitrogens with one attached hydrogen (secondary N) is 4. The number of nitrogens with zero attached hydrogens (tertiary/aromatic N) is 10. The van der Waals surface area contributed by atoms with Gasteiger partial charge < -0.3 is 45.9 Å². The molecule has 4 aliphatic heterocycles. The molecule has 0 saturated carbocycles. The van der Waals surface area contributed by atoms with Crippen LogP contribution in [0, 0.1) is 0 Å². The van der Waals surface area contributed by atoms with Gasteiger partial charge >= 0.3 is 62.1 Å². The predicted octanol–water partition coefficient (Wildman–Crippen LogP) is 3.61. The average Bonchev–Trinajstić information content (AvgIpc) is 3.44. The van der Waals surface area contributed by atoms with Gasteiger partial charge in [0.2, 0.25) is 0 Å². The molecule has 0 atom stereocenters. The van der Waals surface area contributed by atoms with Crippen LogP contribution in [0.1, 0.15) is 39.5 Å². The quantitative estimate of drug-likeness (QED) is 0.0253. The van der Waals surface area contributed by atoms with Gasteiger partial charge in [-0.15, -0.1) is 5.11 Å². The van der Waals surface area contributed by atoms with Crippen molar-refractivity contribution in [2.24, 2.45) is 10.2 Å². The Balaban J connectivity index is 0.000000289. The number of benzene rings is 1. The number of nitrogens with two attached hydrogens (primary N) is 1. The normalized spacial score (nSPS) is 16.6. The molecular formula is C46H77N15Na2O8S4. The van der Waals surface area contributed by atoms with Crippen molar-refractivity contribution in [3.05, 3.63) is 30.3 Å². The van der Waals surface area contributed by atoms with Crippen LogP contribution < -0.4 is 27.0 Å². The van der Waals surface area contributed by atoms with E-state index in [1.54, 1.807) is 23.5 Å². The second-order valence-corrected chi connectivity index (χ2v) is 21.6. The van der Waals surface area contributed by atoms with Crippen molar-refractivity contribution in [1.29, 1.82) is 0 Å². The fourth-order valence-corrected chi connectivity index (χ4v) is 9.32. The minimum atomic E-state index is -2.95. The Morgan fingerprint density at radius 3 is 1.17 bits per heavy atom. The van der Waals surface area contributed by atoms with Gasteiger partial charge in [-0.1, -0.05) is 68.4 Å². The number of aromatic nitrogens is 4. The number of morpholine rings is 4. The molecule has 0 radical (unpaired) electrons. The van der Waals surface area contributed by atoms with Gasteiger partial charge in [0.15, 0.2) is 39.3 Å². The van der Waals surface area contributed by atoms with Gasteiger partial charge in [-0.05, 0) is 25.0 Å². The second-order valence-electron chi connectivity index (χ2n) is 17.0. The zero-order valence-corrected chi connectivity index (χ0v) is 51.8. The van der Waals surface area contributed by atoms with Crippen molar-refractivity contribution in [2.45, 2.75) is 49.8 Å². The summed E-state index contributed by atoms with van der Waals surface area (Å²) in [7, 11) is -5.90. The summed E-state index contributed by atoms with van der Waals surface area (Å²) >= 11 is 6.27. The van der Waals surface area contributed by atoms with Crippen LogP contribution in [0.25, 0.3) is 0 Å². The first-order valence-electron chi connectivity index (χ1n) is 26.4. The Bertz CT molecular complexity index is 2190. The second kappa shape index (κ2) is 41.1. The summed E-state index contributed by atoms with van der Waals surface area (Å²) in [5.74, 6) is 4.90. The van der Waals surface area contributed by atoms with Crippen LogP contribution in [0.15, 0.2) is 50.9 Å². The van der Waals surface area contributed by atoms with E-state index in [0.717, 1.165) is 234 Å². The fraction of sp³-hybridized carbons (Fsp3) is 0.696. The standard InChI is InChI=1S/C26H40N8O2S.C20H37N7O2S.2Na.O4S2/c1-2-3-21-37-26-29-24(27-9-11-33-13-17-35-18-14-33)23(32-31-22-7-5-4-6-8-22)25(30-26)28-10-12-34-15-19-36-20-16-34;1-2-3-16-30-20-24-18(22-4-6-26-8-12-28-13-9-26)17(21)19(25-20)23-5-7-27-10-14-29-15-11-27;;;1-5(2)6(3)4/h4-8H,2-3,9-21H2,1H3,(H2,27,28,29,30);2-16,21H2,1H3,(H2,22,23,24,25);;;. The molecule has 3 aromatic rings. The van der Waals surface area contributed by atoms with Crippen molar-refractivity contribution >= 4 is 126 Å². The van der Waals surface area contributed by atoms with E-state index in [4.69, 9.17) is 61.5 Å². The van der Waals surface area contributed by atoms with Gasteiger partial charge in [-0.2, -0.15) is 21.9 Å². The molecule has 75 heavy (non-hydrogen) atoms. The van der Waals surface area contributed by atoms with Gasteiger partial charge in [0.25, 0.3) is 0 Å². The van der Waals surface area contributed by atoms with Crippen LogP contribution in [0.4, 0.5) is 40.3 Å². The van der Waals surface area contributed by atoms with Crippen molar-refractivity contribution in [1.82, 2.24) is 39.5 Å². The van der Waals surface area contributed by atoms with E-state index in [1.165, 1.54) is 43.6 Å². The van der Waals surface area contributed by atoms with Gasteiger partial charge in [0.05, 0.1) is 58.5 Å². The van der Waals surface area contributed by atoms with Crippen molar-refractivity contribution in [3.63, 3.8) is 0 Å².